The first-order valence-corrected chi connectivity index (χ1v) is 9.73. The van der Waals surface area contributed by atoms with Gasteiger partial charge in [-0.2, -0.15) is 0 Å². The second-order valence-electron chi connectivity index (χ2n) is 7.77. The first-order chi connectivity index (χ1) is 12.9. The van der Waals surface area contributed by atoms with Crippen molar-refractivity contribution in [2.24, 2.45) is 0 Å². The second-order valence-corrected chi connectivity index (χ2v) is 7.77. The van der Waals surface area contributed by atoms with Crippen LogP contribution in [0.2, 0.25) is 0 Å². The summed E-state index contributed by atoms with van der Waals surface area (Å²) in [4.78, 5) is 28.9. The van der Waals surface area contributed by atoms with E-state index in [0.717, 1.165) is 25.8 Å². The molecule has 0 aromatic heterocycles. The number of amides is 2. The second kappa shape index (κ2) is 8.35. The van der Waals surface area contributed by atoms with Crippen LogP contribution < -0.4 is 10.2 Å². The molecule has 1 aliphatic heterocycles. The van der Waals surface area contributed by atoms with Crippen molar-refractivity contribution in [3.05, 3.63) is 35.6 Å². The average Bonchev–Trinajstić information content (AvgIpc) is 3.00. The lowest BCUT2D eigenvalue weighted by molar-refractivity contribution is -0.856. The zero-order chi connectivity index (χ0) is 19.4. The molecule has 0 bridgehead atoms. The summed E-state index contributed by atoms with van der Waals surface area (Å²) in [7, 11) is 4.03. The molecule has 1 spiro atoms. The monoisotopic (exact) mass is 378 g/mol. The van der Waals surface area contributed by atoms with E-state index in [-0.39, 0.29) is 24.0 Å². The number of carbonyl (C=O) groups excluding carboxylic acids is 2. The van der Waals surface area contributed by atoms with Gasteiger partial charge >= 0.3 is 0 Å². The largest absolute Gasteiger partial charge is 0.353 e. The molecule has 148 valence electrons. The van der Waals surface area contributed by atoms with E-state index in [1.54, 1.807) is 11.0 Å². The molecule has 1 heterocycles. The number of ether oxygens (including phenoxy) is 1. The predicted molar refractivity (Wildman–Crippen MR) is 98.8 cm³/mol. The Morgan fingerprint density at radius 2 is 2.04 bits per heavy atom. The van der Waals surface area contributed by atoms with Crippen LogP contribution in [0.3, 0.4) is 0 Å². The van der Waals surface area contributed by atoms with E-state index in [1.165, 1.54) is 23.1 Å². The summed E-state index contributed by atoms with van der Waals surface area (Å²) >= 11 is 0. The highest BCUT2D eigenvalue weighted by atomic mass is 19.1. The van der Waals surface area contributed by atoms with E-state index in [0.29, 0.717) is 19.4 Å². The lowest BCUT2D eigenvalue weighted by atomic mass is 9.89. The van der Waals surface area contributed by atoms with Crippen molar-refractivity contribution in [1.29, 1.82) is 0 Å². The number of halogens is 1. The van der Waals surface area contributed by atoms with Gasteiger partial charge in [-0.25, -0.2) is 4.39 Å². The summed E-state index contributed by atoms with van der Waals surface area (Å²) in [6.07, 6.45) is 4.41. The number of hydrogen-bond donors (Lipinski definition) is 2. The van der Waals surface area contributed by atoms with Crippen molar-refractivity contribution in [3.8, 4) is 0 Å². The van der Waals surface area contributed by atoms with E-state index < -0.39 is 17.6 Å². The van der Waals surface area contributed by atoms with Crippen LogP contribution in [-0.2, 0) is 9.53 Å². The summed E-state index contributed by atoms with van der Waals surface area (Å²) < 4.78 is 19.7. The molecule has 3 rings (SSSR count). The van der Waals surface area contributed by atoms with Crippen LogP contribution in [0.1, 0.15) is 42.5 Å². The fourth-order valence-electron chi connectivity index (χ4n) is 3.99. The third kappa shape index (κ3) is 4.30. The molecule has 1 aliphatic carbocycles. The Bertz CT molecular complexity index is 689. The minimum Gasteiger partial charge on any atom is -0.353 e. The minimum atomic E-state index is -0.754. The molecule has 2 fully saturated rings. The normalized spacial score (nSPS) is 21.6. The minimum absolute atomic E-state index is 0.182. The number of likely N-dealkylation sites (N-methyl/N-ethyl adjacent to an activating group) is 1. The Balaban J connectivity index is 1.84. The Hall–Kier alpha value is -1.99. The third-order valence-electron chi connectivity index (χ3n) is 5.41. The third-order valence-corrected chi connectivity index (χ3v) is 5.41. The zero-order valence-electron chi connectivity index (χ0n) is 16.1. The highest BCUT2D eigenvalue weighted by molar-refractivity contribution is 5.98. The molecule has 1 saturated heterocycles. The lowest BCUT2D eigenvalue weighted by Gasteiger charge is -2.41. The van der Waals surface area contributed by atoms with Crippen LogP contribution in [0.15, 0.2) is 24.3 Å². The van der Waals surface area contributed by atoms with Gasteiger partial charge in [-0.15, -0.1) is 0 Å². The van der Waals surface area contributed by atoms with Crippen molar-refractivity contribution < 1.29 is 23.6 Å². The zero-order valence-corrected chi connectivity index (χ0v) is 16.1. The Morgan fingerprint density at radius 3 is 2.70 bits per heavy atom. The number of benzene rings is 1. The van der Waals surface area contributed by atoms with Gasteiger partial charge in [-0.05, 0) is 43.9 Å². The predicted octanol–water partition coefficient (Wildman–Crippen LogP) is 0.588. The molecule has 1 aromatic carbocycles. The van der Waals surface area contributed by atoms with Crippen LogP contribution in [-0.4, -0.2) is 62.3 Å². The summed E-state index contributed by atoms with van der Waals surface area (Å²) in [5.74, 6) is -1.01. The average molecular weight is 378 g/mol. The molecule has 2 N–H and O–H groups in total. The number of nitrogens with one attached hydrogen (secondary N) is 2. The van der Waals surface area contributed by atoms with Gasteiger partial charge in [0.05, 0.1) is 33.8 Å². The molecule has 2 aliphatic rings. The van der Waals surface area contributed by atoms with Crippen LogP contribution in [0, 0.1) is 5.82 Å². The van der Waals surface area contributed by atoms with Gasteiger partial charge < -0.3 is 15.0 Å². The maximum absolute atomic E-state index is 13.7. The van der Waals surface area contributed by atoms with Crippen molar-refractivity contribution in [2.45, 2.75) is 43.9 Å². The van der Waals surface area contributed by atoms with E-state index in [2.05, 4.69) is 5.32 Å². The van der Waals surface area contributed by atoms with Crippen molar-refractivity contribution >= 4 is 11.8 Å². The molecule has 27 heavy (non-hydrogen) atoms. The van der Waals surface area contributed by atoms with Gasteiger partial charge in [-0.1, -0.05) is 12.5 Å². The molecular weight excluding hydrogens is 349 g/mol. The molecule has 6 nitrogen and oxygen atoms in total. The van der Waals surface area contributed by atoms with Gasteiger partial charge in [0.15, 0.2) is 0 Å². The maximum Gasteiger partial charge on any atom is 0.256 e. The van der Waals surface area contributed by atoms with Gasteiger partial charge in [0.2, 0.25) is 5.91 Å². The molecule has 7 heteroatoms. The number of rotatable bonds is 5. The van der Waals surface area contributed by atoms with E-state index in [9.17, 15) is 14.0 Å². The number of hydrogen-bond acceptors (Lipinski definition) is 3. The molecule has 1 aromatic rings. The molecule has 0 unspecified atom stereocenters. The first kappa shape index (κ1) is 19.8. The van der Waals surface area contributed by atoms with E-state index >= 15 is 0 Å². The Kier molecular flexibility index (Phi) is 6.11. The van der Waals surface area contributed by atoms with Gasteiger partial charge in [0, 0.05) is 5.56 Å². The smallest absolute Gasteiger partial charge is 0.256 e. The van der Waals surface area contributed by atoms with E-state index in [4.69, 9.17) is 4.74 Å². The van der Waals surface area contributed by atoms with Crippen molar-refractivity contribution in [2.75, 3.05) is 33.8 Å². The first-order valence-electron chi connectivity index (χ1n) is 9.73. The van der Waals surface area contributed by atoms with Gasteiger partial charge in [0.25, 0.3) is 5.91 Å². The number of nitrogens with zero attached hydrogens (tertiary/aromatic N) is 1. The van der Waals surface area contributed by atoms with Gasteiger partial charge in [-0.3, -0.25) is 14.5 Å². The van der Waals surface area contributed by atoms with Crippen LogP contribution in [0.5, 0.6) is 0 Å². The van der Waals surface area contributed by atoms with Gasteiger partial charge in [0.1, 0.15) is 17.6 Å². The van der Waals surface area contributed by atoms with Crippen LogP contribution >= 0.6 is 0 Å². The summed E-state index contributed by atoms with van der Waals surface area (Å²) in [6, 6.07) is 4.95. The van der Waals surface area contributed by atoms with E-state index in [1.807, 2.05) is 14.1 Å². The molecule has 2 amide bonds. The fourth-order valence-corrected chi connectivity index (χ4v) is 3.99. The topological polar surface area (TPSA) is 63.1 Å². The summed E-state index contributed by atoms with van der Waals surface area (Å²) in [6.45, 7) is 1.51. The SMILES string of the molecule is C[NH+](C)CCNC(=O)[C@H]1COC2(CCCCC2)N1C(=O)c1cccc(F)c1. The van der Waals surface area contributed by atoms with Crippen LogP contribution in [0.25, 0.3) is 0 Å². The standard InChI is InChI=1S/C20H28FN3O3/c1-23(2)12-11-22-18(25)17-14-27-20(9-4-3-5-10-20)24(17)19(26)15-7-6-8-16(21)13-15/h6-8,13,17H,3-5,9-12,14H2,1-2H3,(H,22,25)/p+1/t17-/m1/s1. The molecule has 1 atom stereocenters. The van der Waals surface area contributed by atoms with Crippen molar-refractivity contribution in [1.82, 2.24) is 10.2 Å². The Morgan fingerprint density at radius 1 is 1.30 bits per heavy atom. The highest BCUT2D eigenvalue weighted by Gasteiger charge is 2.52. The molecule has 1 saturated carbocycles. The summed E-state index contributed by atoms with van der Waals surface area (Å²) in [5, 5.41) is 2.92. The Labute approximate surface area is 159 Å². The maximum atomic E-state index is 13.7. The van der Waals surface area contributed by atoms with Crippen LogP contribution in [0.4, 0.5) is 4.39 Å². The lowest BCUT2D eigenvalue weighted by Crippen LogP contribution is -3.06. The number of quaternary nitrogens is 1. The number of carbonyl (C=O) groups is 2. The van der Waals surface area contributed by atoms with Crippen molar-refractivity contribution in [3.63, 3.8) is 0 Å². The molecule has 0 radical (unpaired) electrons. The highest BCUT2D eigenvalue weighted by Crippen LogP contribution is 2.41. The molecular formula is C20H29FN3O3+. The fraction of sp³-hybridized carbons (Fsp3) is 0.600. The quantitative estimate of drug-likeness (QED) is 0.788. The summed E-state index contributed by atoms with van der Waals surface area (Å²) in [5.41, 5.74) is -0.503.